The zero-order chi connectivity index (χ0) is 14.4. The van der Waals surface area contributed by atoms with E-state index >= 15 is 0 Å². The van der Waals surface area contributed by atoms with Gasteiger partial charge < -0.3 is 15.2 Å². The Labute approximate surface area is 121 Å². The topological polar surface area (TPSA) is 44.5 Å². The van der Waals surface area contributed by atoms with Crippen LogP contribution >= 0.6 is 11.6 Å². The summed E-state index contributed by atoms with van der Waals surface area (Å²) in [6.07, 6.45) is -0.0671. The fourth-order valence-corrected chi connectivity index (χ4v) is 2.31. The Morgan fingerprint density at radius 1 is 1.32 bits per heavy atom. The van der Waals surface area contributed by atoms with Gasteiger partial charge in [-0.1, -0.05) is 25.4 Å². The maximum Gasteiger partial charge on any atom is 0.122 e. The molecule has 0 aliphatic heterocycles. The molecule has 0 saturated carbocycles. The molecule has 1 aromatic carbocycles. The first kappa shape index (κ1) is 16.3. The van der Waals surface area contributed by atoms with E-state index < -0.39 is 0 Å². The highest BCUT2D eigenvalue weighted by atomic mass is 35.5. The van der Waals surface area contributed by atoms with E-state index in [9.17, 15) is 0 Å². The number of ether oxygens (including phenoxy) is 2. The van der Waals surface area contributed by atoms with Gasteiger partial charge in [0.05, 0.1) is 0 Å². The molecule has 0 amide bonds. The first-order valence-electron chi connectivity index (χ1n) is 6.74. The van der Waals surface area contributed by atoms with Crippen LogP contribution in [0.5, 0.6) is 5.75 Å². The van der Waals surface area contributed by atoms with Gasteiger partial charge in [-0.15, -0.1) is 0 Å². The van der Waals surface area contributed by atoms with E-state index in [1.807, 2.05) is 26.0 Å². The Kier molecular flexibility index (Phi) is 6.63. The van der Waals surface area contributed by atoms with Gasteiger partial charge in [-0.05, 0) is 43.0 Å². The lowest BCUT2D eigenvalue weighted by Crippen LogP contribution is -2.30. The molecule has 0 heterocycles. The summed E-state index contributed by atoms with van der Waals surface area (Å²) < 4.78 is 11.3. The predicted molar refractivity (Wildman–Crippen MR) is 80.2 cm³/mol. The smallest absolute Gasteiger partial charge is 0.122 e. The quantitative estimate of drug-likeness (QED) is 0.834. The number of rotatable bonds is 7. The molecule has 2 N–H and O–H groups in total. The average Bonchev–Trinajstić information content (AvgIpc) is 2.35. The lowest BCUT2D eigenvalue weighted by Gasteiger charge is -2.18. The molecule has 4 heteroatoms. The van der Waals surface area contributed by atoms with Crippen LogP contribution in [-0.4, -0.2) is 25.9 Å². The van der Waals surface area contributed by atoms with Gasteiger partial charge in [-0.25, -0.2) is 0 Å². The molecule has 1 aromatic rings. The Balaban J connectivity index is 2.80. The minimum absolute atomic E-state index is 0.0671. The molecule has 0 fully saturated rings. The SMILES string of the molecule is CCOC(CN)COc1cc(C(C)C)c(Cl)cc1C. The minimum atomic E-state index is -0.0671. The van der Waals surface area contributed by atoms with Crippen molar-refractivity contribution in [2.75, 3.05) is 19.8 Å². The van der Waals surface area contributed by atoms with Crippen molar-refractivity contribution < 1.29 is 9.47 Å². The molecular formula is C15H24ClNO2. The number of halogens is 1. The lowest BCUT2D eigenvalue weighted by atomic mass is 10.0. The van der Waals surface area contributed by atoms with E-state index in [1.165, 1.54) is 0 Å². The van der Waals surface area contributed by atoms with Crippen molar-refractivity contribution in [1.82, 2.24) is 0 Å². The van der Waals surface area contributed by atoms with Gasteiger partial charge in [-0.2, -0.15) is 0 Å². The van der Waals surface area contributed by atoms with Crippen molar-refractivity contribution in [1.29, 1.82) is 0 Å². The minimum Gasteiger partial charge on any atom is -0.491 e. The zero-order valence-corrected chi connectivity index (χ0v) is 13.0. The molecular weight excluding hydrogens is 262 g/mol. The largest absolute Gasteiger partial charge is 0.491 e. The maximum absolute atomic E-state index is 6.24. The summed E-state index contributed by atoms with van der Waals surface area (Å²) >= 11 is 6.24. The second kappa shape index (κ2) is 7.73. The van der Waals surface area contributed by atoms with Crippen LogP contribution in [0.3, 0.4) is 0 Å². The van der Waals surface area contributed by atoms with Gasteiger partial charge in [0.15, 0.2) is 0 Å². The average molecular weight is 286 g/mol. The van der Waals surface area contributed by atoms with Crippen molar-refractivity contribution in [3.8, 4) is 5.75 Å². The molecule has 3 nitrogen and oxygen atoms in total. The fraction of sp³-hybridized carbons (Fsp3) is 0.600. The highest BCUT2D eigenvalue weighted by Gasteiger charge is 2.12. The highest BCUT2D eigenvalue weighted by molar-refractivity contribution is 6.31. The first-order chi connectivity index (χ1) is 8.99. The molecule has 0 bridgehead atoms. The molecule has 0 radical (unpaired) electrons. The van der Waals surface area contributed by atoms with E-state index in [-0.39, 0.29) is 6.10 Å². The summed E-state index contributed by atoms with van der Waals surface area (Å²) in [5.74, 6) is 1.22. The van der Waals surface area contributed by atoms with Crippen LogP contribution < -0.4 is 10.5 Å². The van der Waals surface area contributed by atoms with Crippen molar-refractivity contribution in [3.63, 3.8) is 0 Å². The van der Waals surface area contributed by atoms with Crippen LogP contribution in [0.1, 0.15) is 37.8 Å². The van der Waals surface area contributed by atoms with Crippen molar-refractivity contribution >= 4 is 11.6 Å². The second-order valence-electron chi connectivity index (χ2n) is 4.92. The second-order valence-corrected chi connectivity index (χ2v) is 5.33. The van der Waals surface area contributed by atoms with Crippen LogP contribution in [0, 0.1) is 6.92 Å². The van der Waals surface area contributed by atoms with Gasteiger partial charge in [-0.3, -0.25) is 0 Å². The van der Waals surface area contributed by atoms with E-state index in [0.717, 1.165) is 21.9 Å². The van der Waals surface area contributed by atoms with Crippen molar-refractivity contribution in [3.05, 3.63) is 28.3 Å². The van der Waals surface area contributed by atoms with Crippen LogP contribution in [-0.2, 0) is 4.74 Å². The van der Waals surface area contributed by atoms with E-state index in [0.29, 0.717) is 25.7 Å². The Bertz CT molecular complexity index is 407. The normalized spacial score (nSPS) is 12.8. The van der Waals surface area contributed by atoms with Gasteiger partial charge in [0.2, 0.25) is 0 Å². The maximum atomic E-state index is 6.24. The molecule has 0 aromatic heterocycles. The number of hydrogen-bond acceptors (Lipinski definition) is 3. The third-order valence-electron chi connectivity index (χ3n) is 3.01. The Hall–Kier alpha value is -0.770. The molecule has 1 atom stereocenters. The number of aryl methyl sites for hydroxylation is 1. The van der Waals surface area contributed by atoms with Crippen LogP contribution in [0.2, 0.25) is 5.02 Å². The third-order valence-corrected chi connectivity index (χ3v) is 3.33. The van der Waals surface area contributed by atoms with Crippen LogP contribution in [0.4, 0.5) is 0 Å². The van der Waals surface area contributed by atoms with Crippen molar-refractivity contribution in [2.45, 2.75) is 39.7 Å². The van der Waals surface area contributed by atoms with E-state index in [1.54, 1.807) is 0 Å². The molecule has 0 saturated heterocycles. The number of hydrogen-bond donors (Lipinski definition) is 1. The molecule has 1 unspecified atom stereocenters. The summed E-state index contributed by atoms with van der Waals surface area (Å²) in [7, 11) is 0. The summed E-state index contributed by atoms with van der Waals surface area (Å²) in [6.45, 7) is 9.73. The van der Waals surface area contributed by atoms with Crippen molar-refractivity contribution in [2.24, 2.45) is 5.73 Å². The standard InChI is InChI=1S/C15H24ClNO2/c1-5-18-12(8-17)9-19-15-7-13(10(2)3)14(16)6-11(15)4/h6-7,10,12H,5,8-9,17H2,1-4H3. The number of nitrogens with two attached hydrogens (primary N) is 1. The van der Waals surface area contributed by atoms with E-state index in [2.05, 4.69) is 13.8 Å². The van der Waals surface area contributed by atoms with Gasteiger partial charge >= 0.3 is 0 Å². The third kappa shape index (κ3) is 4.68. The van der Waals surface area contributed by atoms with Gasteiger partial charge in [0, 0.05) is 18.2 Å². The Morgan fingerprint density at radius 3 is 2.53 bits per heavy atom. The summed E-state index contributed by atoms with van der Waals surface area (Å²) in [5, 5.41) is 0.792. The molecule has 108 valence electrons. The van der Waals surface area contributed by atoms with E-state index in [4.69, 9.17) is 26.8 Å². The summed E-state index contributed by atoms with van der Waals surface area (Å²) in [6, 6.07) is 3.96. The lowest BCUT2D eigenvalue weighted by molar-refractivity contribution is 0.0335. The molecule has 19 heavy (non-hydrogen) atoms. The van der Waals surface area contributed by atoms with Gasteiger partial charge in [0.1, 0.15) is 18.5 Å². The summed E-state index contributed by atoms with van der Waals surface area (Å²) in [5.41, 5.74) is 7.77. The zero-order valence-electron chi connectivity index (χ0n) is 12.2. The van der Waals surface area contributed by atoms with Crippen LogP contribution in [0.25, 0.3) is 0 Å². The summed E-state index contributed by atoms with van der Waals surface area (Å²) in [4.78, 5) is 0. The molecule has 0 aliphatic carbocycles. The predicted octanol–water partition coefficient (Wildman–Crippen LogP) is 3.51. The number of benzene rings is 1. The van der Waals surface area contributed by atoms with Crippen LogP contribution in [0.15, 0.2) is 12.1 Å². The first-order valence-corrected chi connectivity index (χ1v) is 7.11. The van der Waals surface area contributed by atoms with Gasteiger partial charge in [0.25, 0.3) is 0 Å². The fourth-order valence-electron chi connectivity index (χ4n) is 1.87. The molecule has 1 rings (SSSR count). The monoisotopic (exact) mass is 285 g/mol. The molecule has 0 spiro atoms. The highest BCUT2D eigenvalue weighted by Crippen LogP contribution is 2.31. The Morgan fingerprint density at radius 2 is 2.00 bits per heavy atom. The molecule has 0 aliphatic rings.